The molecule has 1 aromatic rings. The molecule has 1 N–H and O–H groups in total. The minimum Gasteiger partial charge on any atom is -0.304 e. The minimum absolute atomic E-state index is 0.273. The molecule has 0 bridgehead atoms. The van der Waals surface area contributed by atoms with Crippen molar-refractivity contribution >= 4 is 10.0 Å². The first-order chi connectivity index (χ1) is 9.01. The lowest BCUT2D eigenvalue weighted by molar-refractivity contribution is 0.300. The molecule has 0 aliphatic carbocycles. The van der Waals surface area contributed by atoms with Crippen molar-refractivity contribution in [1.82, 2.24) is 14.6 Å². The summed E-state index contributed by atoms with van der Waals surface area (Å²) in [6, 6.07) is 2.44. The second-order valence-electron chi connectivity index (χ2n) is 4.07. The monoisotopic (exact) mass is 289 g/mol. The Hall–Kier alpha value is -1.05. The quantitative estimate of drug-likeness (QED) is 0.731. The molecule has 5 nitrogen and oxygen atoms in total. The molecule has 1 rings (SSSR count). The molecule has 108 valence electrons. The second-order valence-corrected chi connectivity index (χ2v) is 5.75. The van der Waals surface area contributed by atoms with Crippen molar-refractivity contribution in [3.63, 3.8) is 0 Å². The van der Waals surface area contributed by atoms with Gasteiger partial charge in [0.2, 0.25) is 5.03 Å². The van der Waals surface area contributed by atoms with Crippen molar-refractivity contribution in [2.45, 2.75) is 25.3 Å². The summed E-state index contributed by atoms with van der Waals surface area (Å²) in [5, 5.41) is -0.544. The average Bonchev–Trinajstić information content (AvgIpc) is 2.39. The molecule has 1 heterocycles. The van der Waals surface area contributed by atoms with Gasteiger partial charge in [-0.05, 0) is 38.2 Å². The third kappa shape index (κ3) is 4.85. The molecule has 0 aliphatic rings. The first-order valence-electron chi connectivity index (χ1n) is 6.33. The molecule has 0 atom stereocenters. The molecule has 0 saturated carbocycles. The molecule has 0 spiro atoms. The Bertz CT molecular complexity index is 490. The van der Waals surface area contributed by atoms with Gasteiger partial charge < -0.3 is 4.90 Å². The van der Waals surface area contributed by atoms with Crippen LogP contribution >= 0.6 is 0 Å². The highest BCUT2D eigenvalue weighted by molar-refractivity contribution is 7.89. The van der Waals surface area contributed by atoms with Crippen molar-refractivity contribution in [3.8, 4) is 0 Å². The average molecular weight is 289 g/mol. The Labute approximate surface area is 113 Å². The molecule has 0 unspecified atom stereocenters. The van der Waals surface area contributed by atoms with Crippen LogP contribution in [0.3, 0.4) is 0 Å². The Morgan fingerprint density at radius 2 is 2.05 bits per heavy atom. The van der Waals surface area contributed by atoms with Crippen molar-refractivity contribution in [2.75, 3.05) is 26.2 Å². The largest absolute Gasteiger partial charge is 0.304 e. The Kier molecular flexibility index (Phi) is 6.33. The molecule has 7 heteroatoms. The normalized spacial score (nSPS) is 12.0. The van der Waals surface area contributed by atoms with E-state index in [1.165, 1.54) is 12.3 Å². The lowest BCUT2D eigenvalue weighted by Crippen LogP contribution is -2.30. The summed E-state index contributed by atoms with van der Waals surface area (Å²) in [5.74, 6) is -0.834. The van der Waals surface area contributed by atoms with Crippen LogP contribution in [0.25, 0.3) is 0 Å². The number of pyridine rings is 1. The van der Waals surface area contributed by atoms with Crippen molar-refractivity contribution < 1.29 is 12.8 Å². The van der Waals surface area contributed by atoms with Crippen molar-refractivity contribution in [2.24, 2.45) is 0 Å². The summed E-state index contributed by atoms with van der Waals surface area (Å²) in [6.45, 7) is 7.04. The van der Waals surface area contributed by atoms with E-state index in [1.54, 1.807) is 0 Å². The fourth-order valence-electron chi connectivity index (χ4n) is 1.69. The van der Waals surface area contributed by atoms with Crippen LogP contribution in [-0.4, -0.2) is 44.5 Å². The summed E-state index contributed by atoms with van der Waals surface area (Å²) in [4.78, 5) is 5.75. The summed E-state index contributed by atoms with van der Waals surface area (Å²) >= 11 is 0. The van der Waals surface area contributed by atoms with Crippen LogP contribution in [-0.2, 0) is 10.0 Å². The first kappa shape index (κ1) is 16.0. The Morgan fingerprint density at radius 1 is 1.37 bits per heavy atom. The van der Waals surface area contributed by atoms with E-state index in [2.05, 4.69) is 28.5 Å². The summed E-state index contributed by atoms with van der Waals surface area (Å²) in [6.07, 6.45) is 1.93. The molecule has 0 amide bonds. The number of hydrogen-bond donors (Lipinski definition) is 1. The standard InChI is InChI=1S/C12H20FN3O2S/c1-3-16(4-2)10-6-9-15-19(17,18)12-11(13)7-5-8-14-12/h5,7-8,15H,3-4,6,9-10H2,1-2H3. The van der Waals surface area contributed by atoms with Gasteiger partial charge in [0.25, 0.3) is 10.0 Å². The van der Waals surface area contributed by atoms with Crippen LogP contribution in [0.5, 0.6) is 0 Å². The number of nitrogens with one attached hydrogen (secondary N) is 1. The molecule has 0 aromatic carbocycles. The van der Waals surface area contributed by atoms with E-state index in [1.807, 2.05) is 0 Å². The molecule has 19 heavy (non-hydrogen) atoms. The van der Waals surface area contributed by atoms with Gasteiger partial charge in [0, 0.05) is 12.7 Å². The van der Waals surface area contributed by atoms with Gasteiger partial charge in [0.05, 0.1) is 0 Å². The number of sulfonamides is 1. The lowest BCUT2D eigenvalue weighted by atomic mass is 10.4. The Morgan fingerprint density at radius 3 is 2.63 bits per heavy atom. The fraction of sp³-hybridized carbons (Fsp3) is 0.583. The highest BCUT2D eigenvalue weighted by atomic mass is 32.2. The van der Waals surface area contributed by atoms with Gasteiger partial charge in [-0.3, -0.25) is 0 Å². The van der Waals surface area contributed by atoms with Crippen LogP contribution in [0.15, 0.2) is 23.4 Å². The second kappa shape index (κ2) is 7.52. The molecule has 0 aliphatic heterocycles. The van der Waals surface area contributed by atoms with E-state index in [9.17, 15) is 12.8 Å². The van der Waals surface area contributed by atoms with Crippen LogP contribution in [0.4, 0.5) is 4.39 Å². The van der Waals surface area contributed by atoms with Gasteiger partial charge in [-0.1, -0.05) is 13.8 Å². The van der Waals surface area contributed by atoms with Gasteiger partial charge in [-0.25, -0.2) is 22.5 Å². The minimum atomic E-state index is -3.86. The van der Waals surface area contributed by atoms with Gasteiger partial charge in [-0.15, -0.1) is 0 Å². The summed E-state index contributed by atoms with van der Waals surface area (Å²) in [7, 11) is -3.86. The number of hydrogen-bond acceptors (Lipinski definition) is 4. The van der Waals surface area contributed by atoms with E-state index < -0.39 is 20.9 Å². The molecule has 0 saturated heterocycles. The van der Waals surface area contributed by atoms with Gasteiger partial charge in [0.15, 0.2) is 5.82 Å². The van der Waals surface area contributed by atoms with E-state index >= 15 is 0 Å². The number of nitrogens with zero attached hydrogens (tertiary/aromatic N) is 2. The van der Waals surface area contributed by atoms with Crippen LogP contribution < -0.4 is 4.72 Å². The van der Waals surface area contributed by atoms with Gasteiger partial charge >= 0.3 is 0 Å². The third-order valence-corrected chi connectivity index (χ3v) is 4.21. The molecule has 0 fully saturated rings. The number of aromatic nitrogens is 1. The van der Waals surface area contributed by atoms with E-state index in [0.29, 0.717) is 6.42 Å². The highest BCUT2D eigenvalue weighted by Crippen LogP contribution is 2.09. The third-order valence-electron chi connectivity index (χ3n) is 2.82. The molecule has 0 radical (unpaired) electrons. The van der Waals surface area contributed by atoms with Crippen LogP contribution in [0.1, 0.15) is 20.3 Å². The van der Waals surface area contributed by atoms with Crippen LogP contribution in [0, 0.1) is 5.82 Å². The maximum atomic E-state index is 13.3. The fourth-order valence-corrected chi connectivity index (χ4v) is 2.76. The molecule has 1 aromatic heterocycles. The zero-order valence-corrected chi connectivity index (χ0v) is 12.1. The maximum Gasteiger partial charge on any atom is 0.261 e. The number of rotatable bonds is 8. The lowest BCUT2D eigenvalue weighted by Gasteiger charge is -2.17. The number of halogens is 1. The van der Waals surface area contributed by atoms with E-state index in [-0.39, 0.29) is 6.54 Å². The topological polar surface area (TPSA) is 62.3 Å². The van der Waals surface area contributed by atoms with E-state index in [4.69, 9.17) is 0 Å². The SMILES string of the molecule is CCN(CC)CCCNS(=O)(=O)c1ncccc1F. The predicted molar refractivity (Wildman–Crippen MR) is 71.8 cm³/mol. The maximum absolute atomic E-state index is 13.3. The zero-order valence-electron chi connectivity index (χ0n) is 11.3. The first-order valence-corrected chi connectivity index (χ1v) is 7.82. The Balaban J connectivity index is 2.51. The van der Waals surface area contributed by atoms with Crippen molar-refractivity contribution in [1.29, 1.82) is 0 Å². The van der Waals surface area contributed by atoms with Crippen molar-refractivity contribution in [3.05, 3.63) is 24.1 Å². The van der Waals surface area contributed by atoms with Crippen LogP contribution in [0.2, 0.25) is 0 Å². The zero-order chi connectivity index (χ0) is 14.3. The molecular formula is C12H20FN3O2S. The predicted octanol–water partition coefficient (Wildman–Crippen LogP) is 1.23. The smallest absolute Gasteiger partial charge is 0.261 e. The molecular weight excluding hydrogens is 269 g/mol. The van der Waals surface area contributed by atoms with Gasteiger partial charge in [0.1, 0.15) is 0 Å². The summed E-state index contributed by atoms with van der Waals surface area (Å²) < 4.78 is 39.3. The van der Waals surface area contributed by atoms with Gasteiger partial charge in [-0.2, -0.15) is 0 Å². The van der Waals surface area contributed by atoms with E-state index in [0.717, 1.165) is 25.7 Å². The highest BCUT2D eigenvalue weighted by Gasteiger charge is 2.19. The summed E-state index contributed by atoms with van der Waals surface area (Å²) in [5.41, 5.74) is 0.